The van der Waals surface area contributed by atoms with Crippen LogP contribution in [0.3, 0.4) is 0 Å². The van der Waals surface area contributed by atoms with Crippen molar-refractivity contribution in [2.24, 2.45) is 5.73 Å². The van der Waals surface area contributed by atoms with E-state index >= 15 is 0 Å². The standard InChI is InChI=1S/C11H13Cl2N3O2/c12-7-1-2-10(13)15-8(7)5-16-3-4-18-6-9(16)11(14)17/h1-2,9H,3-6H2,(H2,14,17). The van der Waals surface area contributed by atoms with E-state index in [0.29, 0.717) is 42.2 Å². The average Bonchev–Trinajstić information content (AvgIpc) is 2.34. The maximum Gasteiger partial charge on any atom is 0.237 e. The minimum Gasteiger partial charge on any atom is -0.378 e. The summed E-state index contributed by atoms with van der Waals surface area (Å²) in [6, 6.07) is 2.86. The number of morpholine rings is 1. The van der Waals surface area contributed by atoms with Crippen molar-refractivity contribution in [2.75, 3.05) is 19.8 Å². The lowest BCUT2D eigenvalue weighted by Crippen LogP contribution is -2.51. The highest BCUT2D eigenvalue weighted by Crippen LogP contribution is 2.20. The minimum atomic E-state index is -0.449. The number of hydrogen-bond donors (Lipinski definition) is 1. The maximum atomic E-state index is 11.3. The quantitative estimate of drug-likeness (QED) is 0.846. The minimum absolute atomic E-state index is 0.299. The predicted octanol–water partition coefficient (Wildman–Crippen LogP) is 1.07. The van der Waals surface area contributed by atoms with Crippen LogP contribution >= 0.6 is 23.2 Å². The van der Waals surface area contributed by atoms with E-state index in [1.165, 1.54) is 0 Å². The Morgan fingerprint density at radius 2 is 2.33 bits per heavy atom. The lowest BCUT2D eigenvalue weighted by molar-refractivity contribution is -0.129. The highest BCUT2D eigenvalue weighted by molar-refractivity contribution is 6.32. The van der Waals surface area contributed by atoms with Gasteiger partial charge in [0.05, 0.1) is 23.9 Å². The van der Waals surface area contributed by atoms with Gasteiger partial charge in [-0.2, -0.15) is 0 Å². The van der Waals surface area contributed by atoms with Gasteiger partial charge in [-0.1, -0.05) is 23.2 Å². The molecule has 98 valence electrons. The zero-order valence-corrected chi connectivity index (χ0v) is 11.1. The molecule has 1 aromatic heterocycles. The van der Waals surface area contributed by atoms with Crippen molar-refractivity contribution in [3.63, 3.8) is 0 Å². The van der Waals surface area contributed by atoms with Crippen LogP contribution in [0, 0.1) is 0 Å². The summed E-state index contributed by atoms with van der Waals surface area (Å²) < 4.78 is 5.24. The molecule has 0 bridgehead atoms. The number of nitrogens with zero attached hydrogens (tertiary/aromatic N) is 2. The second-order valence-corrected chi connectivity index (χ2v) is 4.82. The maximum absolute atomic E-state index is 11.3. The van der Waals surface area contributed by atoms with Gasteiger partial charge in [0.15, 0.2) is 0 Å². The van der Waals surface area contributed by atoms with Crippen molar-refractivity contribution in [3.8, 4) is 0 Å². The molecule has 0 radical (unpaired) electrons. The van der Waals surface area contributed by atoms with Crippen LogP contribution in [-0.4, -0.2) is 41.6 Å². The van der Waals surface area contributed by atoms with Crippen LogP contribution in [0.25, 0.3) is 0 Å². The Labute approximate surface area is 115 Å². The molecule has 2 rings (SSSR count). The van der Waals surface area contributed by atoms with E-state index in [9.17, 15) is 4.79 Å². The van der Waals surface area contributed by atoms with Gasteiger partial charge in [0.2, 0.25) is 5.91 Å². The largest absolute Gasteiger partial charge is 0.378 e. The molecule has 1 saturated heterocycles. The molecule has 0 saturated carbocycles. The van der Waals surface area contributed by atoms with Crippen LogP contribution in [-0.2, 0) is 16.1 Å². The summed E-state index contributed by atoms with van der Waals surface area (Å²) in [6.45, 7) is 1.89. The molecule has 18 heavy (non-hydrogen) atoms. The van der Waals surface area contributed by atoms with Crippen molar-refractivity contribution >= 4 is 29.1 Å². The number of amides is 1. The van der Waals surface area contributed by atoms with E-state index in [1.54, 1.807) is 12.1 Å². The van der Waals surface area contributed by atoms with Gasteiger partial charge in [-0.05, 0) is 12.1 Å². The van der Waals surface area contributed by atoms with Gasteiger partial charge in [0.1, 0.15) is 11.2 Å². The van der Waals surface area contributed by atoms with Gasteiger partial charge >= 0.3 is 0 Å². The lowest BCUT2D eigenvalue weighted by Gasteiger charge is -2.33. The third kappa shape index (κ3) is 3.11. The Balaban J connectivity index is 2.15. The van der Waals surface area contributed by atoms with Gasteiger partial charge in [0, 0.05) is 13.1 Å². The number of nitrogens with two attached hydrogens (primary N) is 1. The molecule has 1 unspecified atom stereocenters. The first-order valence-electron chi connectivity index (χ1n) is 5.50. The normalized spacial score (nSPS) is 20.9. The van der Waals surface area contributed by atoms with E-state index < -0.39 is 11.9 Å². The fraction of sp³-hybridized carbons (Fsp3) is 0.455. The number of ether oxygens (including phenoxy) is 1. The van der Waals surface area contributed by atoms with Crippen molar-refractivity contribution in [1.82, 2.24) is 9.88 Å². The molecule has 2 heterocycles. The Morgan fingerprint density at radius 3 is 3.06 bits per heavy atom. The molecule has 2 N–H and O–H groups in total. The fourth-order valence-electron chi connectivity index (χ4n) is 1.85. The molecular weight excluding hydrogens is 277 g/mol. The van der Waals surface area contributed by atoms with Crippen molar-refractivity contribution in [1.29, 1.82) is 0 Å². The Morgan fingerprint density at radius 1 is 1.56 bits per heavy atom. The topological polar surface area (TPSA) is 68.5 Å². The van der Waals surface area contributed by atoms with Crippen LogP contribution in [0.4, 0.5) is 0 Å². The summed E-state index contributed by atoms with van der Waals surface area (Å²) in [6.07, 6.45) is 0. The SMILES string of the molecule is NC(=O)C1COCCN1Cc1nc(Cl)ccc1Cl. The van der Waals surface area contributed by atoms with Crippen LogP contribution in [0.1, 0.15) is 5.69 Å². The first kappa shape index (κ1) is 13.5. The predicted molar refractivity (Wildman–Crippen MR) is 68.5 cm³/mol. The molecule has 1 fully saturated rings. The van der Waals surface area contributed by atoms with Gasteiger partial charge in [-0.3, -0.25) is 9.69 Å². The second kappa shape index (κ2) is 5.84. The highest BCUT2D eigenvalue weighted by atomic mass is 35.5. The first-order valence-corrected chi connectivity index (χ1v) is 6.25. The molecule has 1 amide bonds. The van der Waals surface area contributed by atoms with Crippen molar-refractivity contribution in [2.45, 2.75) is 12.6 Å². The molecule has 1 atom stereocenters. The van der Waals surface area contributed by atoms with E-state index in [1.807, 2.05) is 4.90 Å². The molecule has 0 aromatic carbocycles. The van der Waals surface area contributed by atoms with Crippen molar-refractivity contribution in [3.05, 3.63) is 28.0 Å². The highest BCUT2D eigenvalue weighted by Gasteiger charge is 2.28. The van der Waals surface area contributed by atoms with Gasteiger partial charge in [-0.15, -0.1) is 0 Å². The van der Waals surface area contributed by atoms with Crippen LogP contribution in [0.15, 0.2) is 12.1 Å². The molecule has 0 aliphatic carbocycles. The monoisotopic (exact) mass is 289 g/mol. The molecule has 7 heteroatoms. The number of rotatable bonds is 3. The third-order valence-corrected chi connectivity index (χ3v) is 3.36. The van der Waals surface area contributed by atoms with Crippen LogP contribution in [0.2, 0.25) is 10.2 Å². The smallest absolute Gasteiger partial charge is 0.237 e. The third-order valence-electron chi connectivity index (χ3n) is 2.81. The molecule has 1 aliphatic rings. The zero-order chi connectivity index (χ0) is 13.1. The summed E-state index contributed by atoms with van der Waals surface area (Å²) in [4.78, 5) is 17.4. The summed E-state index contributed by atoms with van der Waals surface area (Å²) in [5.74, 6) is -0.409. The zero-order valence-electron chi connectivity index (χ0n) is 9.60. The molecule has 1 aromatic rings. The fourth-order valence-corrected chi connectivity index (χ4v) is 2.18. The Hall–Kier alpha value is -0.880. The van der Waals surface area contributed by atoms with Crippen LogP contribution in [0.5, 0.6) is 0 Å². The summed E-state index contributed by atoms with van der Waals surface area (Å²) in [5, 5.41) is 0.896. The van der Waals surface area contributed by atoms with Gasteiger partial charge in [0.25, 0.3) is 0 Å². The van der Waals surface area contributed by atoms with Gasteiger partial charge < -0.3 is 10.5 Å². The van der Waals surface area contributed by atoms with Crippen LogP contribution < -0.4 is 5.73 Å². The molecular formula is C11H13Cl2N3O2. The number of primary amides is 1. The number of carbonyl (C=O) groups excluding carboxylic acids is 1. The molecule has 1 aliphatic heterocycles. The summed E-state index contributed by atoms with van der Waals surface area (Å²) >= 11 is 11.9. The molecule has 0 spiro atoms. The Kier molecular flexibility index (Phi) is 4.40. The first-order chi connectivity index (χ1) is 8.58. The van der Waals surface area contributed by atoms with E-state index in [-0.39, 0.29) is 0 Å². The van der Waals surface area contributed by atoms with E-state index in [2.05, 4.69) is 4.98 Å². The van der Waals surface area contributed by atoms with Gasteiger partial charge in [-0.25, -0.2) is 4.98 Å². The number of pyridine rings is 1. The van der Waals surface area contributed by atoms with Crippen molar-refractivity contribution < 1.29 is 9.53 Å². The number of hydrogen-bond acceptors (Lipinski definition) is 4. The van der Waals surface area contributed by atoms with E-state index in [4.69, 9.17) is 33.7 Å². The number of aromatic nitrogens is 1. The average molecular weight is 290 g/mol. The Bertz CT molecular complexity index is 456. The second-order valence-electron chi connectivity index (χ2n) is 4.03. The summed E-state index contributed by atoms with van der Waals surface area (Å²) in [5.41, 5.74) is 5.98. The lowest BCUT2D eigenvalue weighted by atomic mass is 10.2. The number of halogens is 2. The number of carbonyl (C=O) groups is 1. The summed E-state index contributed by atoms with van der Waals surface area (Å²) in [7, 11) is 0. The molecule has 5 nitrogen and oxygen atoms in total. The van der Waals surface area contributed by atoms with E-state index in [0.717, 1.165) is 0 Å².